The fraction of sp³-hybridized carbons (Fsp3) is 0.143. The Morgan fingerprint density at radius 2 is 2.11 bits per heavy atom. The summed E-state index contributed by atoms with van der Waals surface area (Å²) in [5.74, 6) is 1.13. The van der Waals surface area contributed by atoms with E-state index in [1.54, 1.807) is 6.20 Å². The van der Waals surface area contributed by atoms with E-state index in [-0.39, 0.29) is 6.61 Å². The molecule has 2 aromatic heterocycles. The number of pyridine rings is 1. The molecule has 3 rings (SSSR count). The van der Waals surface area contributed by atoms with Crippen molar-refractivity contribution < 1.29 is 5.11 Å². The van der Waals surface area contributed by atoms with Gasteiger partial charge in [-0.2, -0.15) is 0 Å². The number of nitrogens with zero attached hydrogens (tertiary/aromatic N) is 3. The number of nitrogens with two attached hydrogens (primary N) is 1. The summed E-state index contributed by atoms with van der Waals surface area (Å²) in [5, 5.41) is 10.2. The number of rotatable bonds is 3. The molecule has 0 spiro atoms. The lowest BCUT2D eigenvalue weighted by molar-refractivity contribution is 0.266. The molecule has 5 heteroatoms. The molecule has 0 aliphatic rings. The molecule has 0 amide bonds. The fourth-order valence-corrected chi connectivity index (χ4v) is 2.12. The molecule has 3 aromatic rings. The summed E-state index contributed by atoms with van der Waals surface area (Å²) in [4.78, 5) is 8.47. The van der Waals surface area contributed by atoms with Crippen molar-refractivity contribution in [1.82, 2.24) is 14.5 Å². The quantitative estimate of drug-likeness (QED) is 0.743. The van der Waals surface area contributed by atoms with Crippen molar-refractivity contribution in [2.45, 2.75) is 13.2 Å². The standard InChI is InChI=1S/C14H14N4O/c15-14-11(8-18-6-5-16-13(18)9-19)7-10-3-1-2-4-12(10)17-14/h1-7,19H,8-9H2,(H2,15,17). The first-order valence-electron chi connectivity index (χ1n) is 6.03. The van der Waals surface area contributed by atoms with Crippen LogP contribution in [0, 0.1) is 0 Å². The summed E-state index contributed by atoms with van der Waals surface area (Å²) in [6.07, 6.45) is 3.48. The van der Waals surface area contributed by atoms with Crippen LogP contribution in [0.5, 0.6) is 0 Å². The van der Waals surface area contributed by atoms with Gasteiger partial charge >= 0.3 is 0 Å². The van der Waals surface area contributed by atoms with Gasteiger partial charge in [-0.05, 0) is 12.1 Å². The molecular weight excluding hydrogens is 240 g/mol. The Kier molecular flexibility index (Phi) is 2.89. The highest BCUT2D eigenvalue weighted by atomic mass is 16.3. The second-order valence-electron chi connectivity index (χ2n) is 4.35. The zero-order valence-electron chi connectivity index (χ0n) is 10.3. The maximum atomic E-state index is 9.20. The van der Waals surface area contributed by atoms with Gasteiger partial charge in [0.1, 0.15) is 18.2 Å². The monoisotopic (exact) mass is 254 g/mol. The van der Waals surface area contributed by atoms with Crippen molar-refractivity contribution in [2.75, 3.05) is 5.73 Å². The first-order chi connectivity index (χ1) is 9.28. The van der Waals surface area contributed by atoms with Gasteiger partial charge in [0.25, 0.3) is 0 Å². The smallest absolute Gasteiger partial charge is 0.134 e. The summed E-state index contributed by atoms with van der Waals surface area (Å²) >= 11 is 0. The highest BCUT2D eigenvalue weighted by Crippen LogP contribution is 2.19. The van der Waals surface area contributed by atoms with E-state index in [1.807, 2.05) is 41.1 Å². The maximum Gasteiger partial charge on any atom is 0.134 e. The number of hydrogen-bond acceptors (Lipinski definition) is 4. The van der Waals surface area contributed by atoms with E-state index < -0.39 is 0 Å². The topological polar surface area (TPSA) is 77.0 Å². The molecule has 0 radical (unpaired) electrons. The third kappa shape index (κ3) is 2.15. The van der Waals surface area contributed by atoms with Crippen LogP contribution < -0.4 is 5.73 Å². The number of fused-ring (bicyclic) bond motifs is 1. The molecule has 0 atom stereocenters. The van der Waals surface area contributed by atoms with Gasteiger partial charge in [0, 0.05) is 23.3 Å². The van der Waals surface area contributed by atoms with Gasteiger partial charge in [0.05, 0.1) is 12.1 Å². The first kappa shape index (κ1) is 11.7. The summed E-state index contributed by atoms with van der Waals surface area (Å²) in [7, 11) is 0. The average molecular weight is 254 g/mol. The van der Waals surface area contributed by atoms with Crippen LogP contribution in [-0.4, -0.2) is 19.6 Å². The lowest BCUT2D eigenvalue weighted by Gasteiger charge is -2.09. The lowest BCUT2D eigenvalue weighted by Crippen LogP contribution is -2.07. The Labute approximate surface area is 110 Å². The van der Waals surface area contributed by atoms with E-state index in [0.29, 0.717) is 18.2 Å². The van der Waals surface area contributed by atoms with E-state index in [4.69, 9.17) is 5.73 Å². The minimum absolute atomic E-state index is 0.0894. The van der Waals surface area contributed by atoms with E-state index in [9.17, 15) is 5.11 Å². The van der Waals surface area contributed by atoms with Crippen LogP contribution >= 0.6 is 0 Å². The Morgan fingerprint density at radius 3 is 2.95 bits per heavy atom. The van der Waals surface area contributed by atoms with Crippen LogP contribution in [0.1, 0.15) is 11.4 Å². The molecule has 0 unspecified atom stereocenters. The second kappa shape index (κ2) is 4.70. The molecule has 0 aliphatic heterocycles. The number of anilines is 1. The minimum atomic E-state index is -0.0894. The van der Waals surface area contributed by atoms with Gasteiger partial charge in [-0.1, -0.05) is 18.2 Å². The van der Waals surface area contributed by atoms with Gasteiger partial charge in [-0.15, -0.1) is 0 Å². The number of para-hydroxylation sites is 1. The molecule has 3 N–H and O–H groups in total. The SMILES string of the molecule is Nc1nc2ccccc2cc1Cn1ccnc1CO. The Hall–Kier alpha value is -2.40. The van der Waals surface area contributed by atoms with Crippen LogP contribution in [0.4, 0.5) is 5.82 Å². The van der Waals surface area contributed by atoms with Crippen molar-refractivity contribution in [3.8, 4) is 0 Å². The molecule has 2 heterocycles. The van der Waals surface area contributed by atoms with Crippen LogP contribution in [-0.2, 0) is 13.2 Å². The zero-order valence-corrected chi connectivity index (χ0v) is 10.3. The zero-order chi connectivity index (χ0) is 13.2. The first-order valence-corrected chi connectivity index (χ1v) is 6.03. The summed E-state index contributed by atoms with van der Waals surface area (Å²) in [6.45, 7) is 0.466. The lowest BCUT2D eigenvalue weighted by atomic mass is 10.1. The van der Waals surface area contributed by atoms with Crippen molar-refractivity contribution in [3.63, 3.8) is 0 Å². The van der Waals surface area contributed by atoms with E-state index in [1.165, 1.54) is 0 Å². The molecule has 96 valence electrons. The largest absolute Gasteiger partial charge is 0.388 e. The molecule has 0 bridgehead atoms. The highest BCUT2D eigenvalue weighted by Gasteiger charge is 2.07. The van der Waals surface area contributed by atoms with Gasteiger partial charge in [0.2, 0.25) is 0 Å². The van der Waals surface area contributed by atoms with Crippen LogP contribution in [0.25, 0.3) is 10.9 Å². The van der Waals surface area contributed by atoms with E-state index in [0.717, 1.165) is 16.5 Å². The van der Waals surface area contributed by atoms with Crippen LogP contribution in [0.2, 0.25) is 0 Å². The van der Waals surface area contributed by atoms with Gasteiger partial charge in [0.15, 0.2) is 0 Å². The third-order valence-electron chi connectivity index (χ3n) is 3.12. The summed E-state index contributed by atoms with van der Waals surface area (Å²) in [5.41, 5.74) is 7.80. The molecule has 0 fully saturated rings. The highest BCUT2D eigenvalue weighted by molar-refractivity contribution is 5.81. The van der Waals surface area contributed by atoms with Crippen molar-refractivity contribution in [1.29, 1.82) is 0 Å². The fourth-order valence-electron chi connectivity index (χ4n) is 2.12. The molecule has 5 nitrogen and oxygen atoms in total. The summed E-state index contributed by atoms with van der Waals surface area (Å²) < 4.78 is 1.86. The number of hydrogen-bond donors (Lipinski definition) is 2. The van der Waals surface area contributed by atoms with E-state index in [2.05, 4.69) is 9.97 Å². The Bertz CT molecular complexity index is 720. The molecule has 1 aromatic carbocycles. The molecule has 0 saturated heterocycles. The number of nitrogen functional groups attached to an aromatic ring is 1. The van der Waals surface area contributed by atoms with Crippen molar-refractivity contribution in [3.05, 3.63) is 54.1 Å². The maximum absolute atomic E-state index is 9.20. The number of benzene rings is 1. The molecule has 0 aliphatic carbocycles. The molecular formula is C14H14N4O. The molecule has 19 heavy (non-hydrogen) atoms. The number of aromatic nitrogens is 3. The second-order valence-corrected chi connectivity index (χ2v) is 4.35. The van der Waals surface area contributed by atoms with Gasteiger partial charge in [-0.25, -0.2) is 9.97 Å². The third-order valence-corrected chi connectivity index (χ3v) is 3.12. The predicted molar refractivity (Wildman–Crippen MR) is 73.4 cm³/mol. The van der Waals surface area contributed by atoms with Crippen molar-refractivity contribution in [2.24, 2.45) is 0 Å². The Balaban J connectivity index is 2.03. The van der Waals surface area contributed by atoms with Crippen molar-refractivity contribution >= 4 is 16.7 Å². The Morgan fingerprint density at radius 1 is 1.26 bits per heavy atom. The number of aliphatic hydroxyl groups is 1. The summed E-state index contributed by atoms with van der Waals surface area (Å²) in [6, 6.07) is 9.88. The van der Waals surface area contributed by atoms with Gasteiger partial charge < -0.3 is 15.4 Å². The number of imidazole rings is 1. The normalized spacial score (nSPS) is 11.0. The predicted octanol–water partition coefficient (Wildman–Crippen LogP) is 1.55. The molecule has 0 saturated carbocycles. The van der Waals surface area contributed by atoms with E-state index >= 15 is 0 Å². The van der Waals surface area contributed by atoms with Crippen LogP contribution in [0.3, 0.4) is 0 Å². The number of aliphatic hydroxyl groups excluding tert-OH is 1. The van der Waals surface area contributed by atoms with Gasteiger partial charge in [-0.3, -0.25) is 0 Å². The van der Waals surface area contributed by atoms with Crippen LogP contribution in [0.15, 0.2) is 42.7 Å². The minimum Gasteiger partial charge on any atom is -0.388 e. The average Bonchev–Trinajstić information content (AvgIpc) is 2.87.